The van der Waals surface area contributed by atoms with E-state index in [1.165, 1.54) is 12.1 Å². The summed E-state index contributed by atoms with van der Waals surface area (Å²) in [6.45, 7) is 1.83. The summed E-state index contributed by atoms with van der Waals surface area (Å²) in [5.74, 6) is -1.41. The number of aliphatic carboxylic acids is 1. The van der Waals surface area contributed by atoms with E-state index < -0.39 is 12.0 Å². The number of rotatable bonds is 6. The summed E-state index contributed by atoms with van der Waals surface area (Å²) in [4.78, 5) is 24.5. The number of carbonyl (C=O) groups is 2. The van der Waals surface area contributed by atoms with Gasteiger partial charge in [0.05, 0.1) is 16.5 Å². The molecule has 2 N–H and O–H groups in total. The number of hydrogen-bond donors (Lipinski definition) is 2. The molecule has 8 heteroatoms. The molecule has 0 saturated carbocycles. The van der Waals surface area contributed by atoms with Crippen LogP contribution in [0.4, 0.5) is 4.39 Å². The normalized spacial score (nSPS) is 16.6. The van der Waals surface area contributed by atoms with Crippen molar-refractivity contribution in [2.45, 2.75) is 51.1 Å². The summed E-state index contributed by atoms with van der Waals surface area (Å²) < 4.78 is 15.9. The molecule has 1 amide bonds. The van der Waals surface area contributed by atoms with Crippen LogP contribution in [0.3, 0.4) is 0 Å². The molecule has 1 unspecified atom stereocenters. The molecule has 0 radical (unpaired) electrons. The molecule has 2 aromatic carbocycles. The number of carboxylic acids is 1. The Balaban J connectivity index is 1.59. The number of nitrogens with zero attached hydrogens (tertiary/aromatic N) is 1. The van der Waals surface area contributed by atoms with Gasteiger partial charge in [0, 0.05) is 22.6 Å². The molecule has 1 aliphatic carbocycles. The molecule has 0 saturated heterocycles. The Bertz CT molecular complexity index is 1210. The van der Waals surface area contributed by atoms with Crippen molar-refractivity contribution in [1.82, 2.24) is 9.88 Å². The Kier molecular flexibility index (Phi) is 6.45. The molecule has 0 spiro atoms. The van der Waals surface area contributed by atoms with Crippen LogP contribution in [0.1, 0.15) is 42.6 Å². The summed E-state index contributed by atoms with van der Waals surface area (Å²) in [7, 11) is 0. The minimum absolute atomic E-state index is 0.120. The standard InChI is InChI=1S/C24H23Cl2FN2O3/c1-2-20(24(31)32)29-21-7-4-14(27)11-16(21)17-12-15(5-8-22(17)29)28-23(30)10-13-3-6-18(25)19(26)9-13/h3-4,6-7,9,11,15,20H,2,5,8,10,12H2,1H3,(H,28,30)(H,31,32)/t15-,20?/m1/s1. The quantitative estimate of drug-likeness (QED) is 0.504. The van der Waals surface area contributed by atoms with E-state index in [2.05, 4.69) is 5.32 Å². The highest BCUT2D eigenvalue weighted by Crippen LogP contribution is 2.36. The second kappa shape index (κ2) is 9.12. The monoisotopic (exact) mass is 476 g/mol. The lowest BCUT2D eigenvalue weighted by atomic mass is 9.91. The van der Waals surface area contributed by atoms with Crippen molar-refractivity contribution in [3.8, 4) is 0 Å². The average molecular weight is 477 g/mol. The first kappa shape index (κ1) is 22.6. The Hall–Kier alpha value is -2.57. The number of carbonyl (C=O) groups excluding carboxylic acids is 1. The van der Waals surface area contributed by atoms with Crippen molar-refractivity contribution in [1.29, 1.82) is 0 Å². The molecule has 1 heterocycles. The van der Waals surface area contributed by atoms with Crippen molar-refractivity contribution in [2.75, 3.05) is 0 Å². The van der Waals surface area contributed by atoms with Crippen LogP contribution in [0.5, 0.6) is 0 Å². The topological polar surface area (TPSA) is 71.3 Å². The number of hydrogen-bond acceptors (Lipinski definition) is 2. The molecule has 1 aliphatic rings. The number of amides is 1. The Morgan fingerprint density at radius 1 is 1.22 bits per heavy atom. The second-order valence-corrected chi connectivity index (χ2v) is 8.97. The highest BCUT2D eigenvalue weighted by atomic mass is 35.5. The SMILES string of the molecule is CCC(C(=O)O)n1c2c(c3cc(F)ccc31)C[C@H](NC(=O)Cc1ccc(Cl)c(Cl)c1)CC2. The molecule has 2 atom stereocenters. The zero-order chi connectivity index (χ0) is 23.0. The van der Waals surface area contributed by atoms with Crippen LogP contribution in [0.2, 0.25) is 10.0 Å². The third-order valence-electron chi connectivity index (χ3n) is 6.06. The fourth-order valence-electron chi connectivity index (χ4n) is 4.63. The molecule has 0 fully saturated rings. The van der Waals surface area contributed by atoms with Gasteiger partial charge in [-0.1, -0.05) is 36.2 Å². The van der Waals surface area contributed by atoms with E-state index in [4.69, 9.17) is 23.2 Å². The van der Waals surface area contributed by atoms with Gasteiger partial charge in [0.1, 0.15) is 11.9 Å². The van der Waals surface area contributed by atoms with Crippen molar-refractivity contribution in [3.63, 3.8) is 0 Å². The average Bonchev–Trinajstić information content (AvgIpc) is 3.04. The Morgan fingerprint density at radius 3 is 2.69 bits per heavy atom. The molecule has 3 aromatic rings. The molecule has 1 aromatic heterocycles. The largest absolute Gasteiger partial charge is 0.480 e. The lowest BCUT2D eigenvalue weighted by Crippen LogP contribution is -2.40. The van der Waals surface area contributed by atoms with Crippen molar-refractivity contribution in [3.05, 3.63) is 69.1 Å². The maximum atomic E-state index is 14.1. The predicted molar refractivity (Wildman–Crippen MR) is 123 cm³/mol. The van der Waals surface area contributed by atoms with Crippen LogP contribution >= 0.6 is 23.2 Å². The number of nitrogens with one attached hydrogen (secondary N) is 1. The summed E-state index contributed by atoms with van der Waals surface area (Å²) in [5.41, 5.74) is 3.30. The van der Waals surface area contributed by atoms with E-state index in [9.17, 15) is 19.1 Å². The molecule has 0 bridgehead atoms. The second-order valence-electron chi connectivity index (χ2n) is 8.15. The van der Waals surface area contributed by atoms with Gasteiger partial charge < -0.3 is 15.0 Å². The van der Waals surface area contributed by atoms with Crippen LogP contribution in [0, 0.1) is 5.82 Å². The smallest absolute Gasteiger partial charge is 0.326 e. The molecular formula is C24H23Cl2FN2O3. The van der Waals surface area contributed by atoms with Gasteiger partial charge in [-0.15, -0.1) is 0 Å². The maximum absolute atomic E-state index is 14.1. The van der Waals surface area contributed by atoms with Crippen LogP contribution < -0.4 is 5.32 Å². The van der Waals surface area contributed by atoms with Crippen LogP contribution in [-0.2, 0) is 28.9 Å². The fraction of sp³-hybridized carbons (Fsp3) is 0.333. The highest BCUT2D eigenvalue weighted by Gasteiger charge is 2.31. The molecule has 5 nitrogen and oxygen atoms in total. The third kappa shape index (κ3) is 4.34. The zero-order valence-corrected chi connectivity index (χ0v) is 19.0. The summed E-state index contributed by atoms with van der Waals surface area (Å²) in [5, 5.41) is 14.3. The van der Waals surface area contributed by atoms with Crippen molar-refractivity contribution >= 4 is 46.0 Å². The van der Waals surface area contributed by atoms with Crippen LogP contribution in [0.15, 0.2) is 36.4 Å². The van der Waals surface area contributed by atoms with E-state index in [-0.39, 0.29) is 24.2 Å². The van der Waals surface area contributed by atoms with E-state index >= 15 is 0 Å². The first-order valence-corrected chi connectivity index (χ1v) is 11.3. The molecule has 4 rings (SSSR count). The van der Waals surface area contributed by atoms with Gasteiger partial charge >= 0.3 is 5.97 Å². The number of carboxylic acid groups (broad SMARTS) is 1. The number of fused-ring (bicyclic) bond motifs is 3. The molecular weight excluding hydrogens is 454 g/mol. The van der Waals surface area contributed by atoms with Gasteiger partial charge in [-0.05, 0) is 67.1 Å². The highest BCUT2D eigenvalue weighted by molar-refractivity contribution is 6.42. The van der Waals surface area contributed by atoms with Crippen LogP contribution in [0.25, 0.3) is 10.9 Å². The number of aromatic nitrogens is 1. The molecule has 0 aliphatic heterocycles. The first-order chi connectivity index (χ1) is 15.3. The van der Waals surface area contributed by atoms with Gasteiger partial charge in [0.15, 0.2) is 0 Å². The van der Waals surface area contributed by atoms with E-state index in [1.54, 1.807) is 24.3 Å². The third-order valence-corrected chi connectivity index (χ3v) is 6.80. The minimum Gasteiger partial charge on any atom is -0.480 e. The van der Waals surface area contributed by atoms with Crippen molar-refractivity contribution in [2.24, 2.45) is 0 Å². The molecule has 168 valence electrons. The number of halogens is 3. The maximum Gasteiger partial charge on any atom is 0.326 e. The molecule has 32 heavy (non-hydrogen) atoms. The van der Waals surface area contributed by atoms with E-state index in [0.29, 0.717) is 46.6 Å². The minimum atomic E-state index is -0.909. The van der Waals surface area contributed by atoms with Gasteiger partial charge in [0.25, 0.3) is 0 Å². The summed E-state index contributed by atoms with van der Waals surface area (Å²) in [6, 6.07) is 8.73. The van der Waals surface area contributed by atoms with Gasteiger partial charge in [-0.25, -0.2) is 9.18 Å². The lowest BCUT2D eigenvalue weighted by molar-refractivity contribution is -0.141. The van der Waals surface area contributed by atoms with E-state index in [1.807, 2.05) is 11.5 Å². The first-order valence-electron chi connectivity index (χ1n) is 10.6. The Labute approximate surface area is 195 Å². The zero-order valence-electron chi connectivity index (χ0n) is 17.5. The summed E-state index contributed by atoms with van der Waals surface area (Å²) in [6.07, 6.45) is 2.40. The van der Waals surface area contributed by atoms with Gasteiger partial charge in [-0.3, -0.25) is 4.79 Å². The van der Waals surface area contributed by atoms with Crippen molar-refractivity contribution < 1.29 is 19.1 Å². The lowest BCUT2D eigenvalue weighted by Gasteiger charge is -2.26. The predicted octanol–water partition coefficient (Wildman–Crippen LogP) is 5.34. The Morgan fingerprint density at radius 2 is 2.00 bits per heavy atom. The summed E-state index contributed by atoms with van der Waals surface area (Å²) >= 11 is 12.0. The van der Waals surface area contributed by atoms with E-state index in [0.717, 1.165) is 16.8 Å². The van der Waals surface area contributed by atoms with Gasteiger partial charge in [0.2, 0.25) is 5.91 Å². The van der Waals surface area contributed by atoms with Crippen LogP contribution in [-0.4, -0.2) is 27.6 Å². The van der Waals surface area contributed by atoms with Gasteiger partial charge in [-0.2, -0.15) is 0 Å². The fourth-order valence-corrected chi connectivity index (χ4v) is 4.95. The number of benzene rings is 2.